The van der Waals surface area contributed by atoms with Crippen molar-refractivity contribution in [2.75, 3.05) is 25.0 Å². The first kappa shape index (κ1) is 22.9. The number of carbonyl (C=O) groups excluding carboxylic acids is 2. The lowest BCUT2D eigenvalue weighted by Gasteiger charge is -2.37. The Morgan fingerprint density at radius 3 is 2.66 bits per heavy atom. The molecule has 4 N–H and O–H groups in total. The highest BCUT2D eigenvalue weighted by Crippen LogP contribution is 2.42. The smallest absolute Gasteiger partial charge is 0.238 e. The summed E-state index contributed by atoms with van der Waals surface area (Å²) in [5.41, 5.74) is 1.33. The van der Waals surface area contributed by atoms with E-state index in [1.54, 1.807) is 0 Å². The highest BCUT2D eigenvalue weighted by Gasteiger charge is 2.44. The zero-order chi connectivity index (χ0) is 21.4. The molecule has 0 spiro atoms. The number of carbonyl (C=O) groups is 2. The van der Waals surface area contributed by atoms with E-state index in [9.17, 15) is 20.0 Å². The van der Waals surface area contributed by atoms with Crippen molar-refractivity contribution in [1.82, 2.24) is 5.32 Å². The van der Waals surface area contributed by atoms with Gasteiger partial charge in [-0.2, -0.15) is 5.26 Å². The Hall–Kier alpha value is -2.34. The van der Waals surface area contributed by atoms with Crippen LogP contribution in [0.25, 0.3) is 0 Å². The van der Waals surface area contributed by atoms with E-state index in [-0.39, 0.29) is 18.2 Å². The number of hydrogen-bond donors (Lipinski definition) is 4. The number of anilines is 1. The number of allylic oxidation sites excluding steroid dienone is 1. The van der Waals surface area contributed by atoms with E-state index in [2.05, 4.69) is 23.3 Å². The van der Waals surface area contributed by atoms with Crippen molar-refractivity contribution < 1.29 is 19.8 Å². The third-order valence-corrected chi connectivity index (χ3v) is 6.58. The Bertz CT molecular complexity index is 765. The molecular formula is C21H27N3O4S. The fourth-order valence-electron chi connectivity index (χ4n) is 3.31. The van der Waals surface area contributed by atoms with Gasteiger partial charge >= 0.3 is 0 Å². The van der Waals surface area contributed by atoms with Gasteiger partial charge in [-0.05, 0) is 24.1 Å². The Labute approximate surface area is 175 Å². The Balaban J connectivity index is 2.14. The topological polar surface area (TPSA) is 122 Å². The van der Waals surface area contributed by atoms with Crippen molar-refractivity contribution in [3.8, 4) is 6.07 Å². The van der Waals surface area contributed by atoms with Crippen molar-refractivity contribution in [1.29, 1.82) is 5.26 Å². The lowest BCUT2D eigenvalue weighted by molar-refractivity contribution is -0.124. The van der Waals surface area contributed by atoms with Crippen LogP contribution in [0.3, 0.4) is 0 Å². The molecule has 1 aromatic carbocycles. The fraction of sp³-hybridized carbons (Fsp3) is 0.476. The minimum absolute atomic E-state index is 0.0608. The number of aliphatic hydroxyl groups excluding tert-OH is 2. The number of ketones is 1. The first-order valence-corrected chi connectivity index (χ1v) is 10.5. The molecule has 0 saturated carbocycles. The summed E-state index contributed by atoms with van der Waals surface area (Å²) in [6.07, 6.45) is -0.496. The molecule has 2 rings (SSSR count). The predicted molar refractivity (Wildman–Crippen MR) is 113 cm³/mol. The molecule has 156 valence electrons. The number of hydrogen-bond acceptors (Lipinski definition) is 7. The van der Waals surface area contributed by atoms with Crippen LogP contribution in [0, 0.1) is 23.2 Å². The second-order valence-electron chi connectivity index (χ2n) is 6.93. The minimum atomic E-state index is -1.08. The largest absolute Gasteiger partial charge is 0.394 e. The van der Waals surface area contributed by atoms with E-state index in [1.165, 1.54) is 11.8 Å². The van der Waals surface area contributed by atoms with Gasteiger partial charge in [-0.3, -0.25) is 9.59 Å². The van der Waals surface area contributed by atoms with E-state index in [0.717, 1.165) is 5.69 Å². The average molecular weight is 418 g/mol. The molecule has 1 aromatic rings. The highest BCUT2D eigenvalue weighted by molar-refractivity contribution is 8.01. The standard InChI is InChI=1S/C21H27N3O4S/c1-3-16-13(2)19(27)18(11-23-14-7-5-4-6-8-14)29-20(16)17(9-22)21(28)24-10-15(26)12-25/h4-8,15-18,20,23,25-26H,2-3,10-12H2,1H3,(H,24,28)/t15?,16-,17-,18?,20?/m0/s1. The zero-order valence-corrected chi connectivity index (χ0v) is 17.2. The highest BCUT2D eigenvalue weighted by atomic mass is 32.2. The molecule has 0 bridgehead atoms. The second-order valence-corrected chi connectivity index (χ2v) is 8.31. The van der Waals surface area contributed by atoms with Crippen molar-refractivity contribution in [2.24, 2.45) is 11.8 Å². The van der Waals surface area contributed by atoms with Gasteiger partial charge in [-0.25, -0.2) is 0 Å². The number of nitrogens with zero attached hydrogens (tertiary/aromatic N) is 1. The first-order chi connectivity index (χ1) is 13.9. The molecule has 29 heavy (non-hydrogen) atoms. The third-order valence-electron chi connectivity index (χ3n) is 4.95. The van der Waals surface area contributed by atoms with Crippen LogP contribution in [-0.4, -0.2) is 58.2 Å². The number of thioether (sulfide) groups is 1. The van der Waals surface area contributed by atoms with Crippen LogP contribution in [0.4, 0.5) is 5.69 Å². The molecule has 8 heteroatoms. The van der Waals surface area contributed by atoms with Gasteiger partial charge in [-0.15, -0.1) is 11.8 Å². The van der Waals surface area contributed by atoms with Gasteiger partial charge in [0.05, 0.1) is 24.0 Å². The minimum Gasteiger partial charge on any atom is -0.394 e. The van der Waals surface area contributed by atoms with Gasteiger partial charge < -0.3 is 20.8 Å². The van der Waals surface area contributed by atoms with Crippen LogP contribution in [0.5, 0.6) is 0 Å². The Morgan fingerprint density at radius 1 is 1.38 bits per heavy atom. The number of amides is 1. The van der Waals surface area contributed by atoms with Gasteiger partial charge in [0, 0.05) is 29.9 Å². The first-order valence-electron chi connectivity index (χ1n) is 9.56. The van der Waals surface area contributed by atoms with Gasteiger partial charge in [0.2, 0.25) is 5.91 Å². The average Bonchev–Trinajstić information content (AvgIpc) is 2.74. The maximum atomic E-state index is 12.8. The molecule has 1 heterocycles. The van der Waals surface area contributed by atoms with Gasteiger partial charge in [0.15, 0.2) is 5.78 Å². The molecule has 1 aliphatic heterocycles. The molecule has 1 saturated heterocycles. The van der Waals surface area contributed by atoms with E-state index >= 15 is 0 Å². The molecule has 1 fully saturated rings. The number of Topliss-reactive ketones (excluding diaryl/α,β-unsaturated/α-hetero) is 1. The van der Waals surface area contributed by atoms with Crippen molar-refractivity contribution in [3.63, 3.8) is 0 Å². The summed E-state index contributed by atoms with van der Waals surface area (Å²) in [6, 6.07) is 11.5. The summed E-state index contributed by atoms with van der Waals surface area (Å²) >= 11 is 1.33. The number of para-hydroxylation sites is 1. The summed E-state index contributed by atoms with van der Waals surface area (Å²) in [7, 11) is 0. The maximum absolute atomic E-state index is 12.8. The number of benzene rings is 1. The van der Waals surface area contributed by atoms with E-state index in [4.69, 9.17) is 5.11 Å². The Morgan fingerprint density at radius 2 is 2.07 bits per heavy atom. The summed E-state index contributed by atoms with van der Waals surface area (Å²) in [5, 5.41) is 32.9. The van der Waals surface area contributed by atoms with E-state index in [0.29, 0.717) is 18.5 Å². The van der Waals surface area contributed by atoms with Crippen molar-refractivity contribution in [3.05, 3.63) is 42.5 Å². The summed E-state index contributed by atoms with van der Waals surface area (Å²) in [5.74, 6) is -1.86. The molecule has 5 atom stereocenters. The van der Waals surface area contributed by atoms with E-state index < -0.39 is 35.0 Å². The molecule has 3 unspecified atom stereocenters. The zero-order valence-electron chi connectivity index (χ0n) is 16.4. The molecular weight excluding hydrogens is 390 g/mol. The number of nitriles is 1. The maximum Gasteiger partial charge on any atom is 0.238 e. The predicted octanol–water partition coefficient (Wildman–Crippen LogP) is 1.34. The van der Waals surface area contributed by atoms with Gasteiger partial charge in [0.25, 0.3) is 0 Å². The summed E-state index contributed by atoms with van der Waals surface area (Å²) in [6.45, 7) is 5.61. The normalized spacial score (nSPS) is 23.7. The lowest BCUT2D eigenvalue weighted by atomic mass is 9.83. The number of aliphatic hydroxyl groups is 2. The molecule has 1 amide bonds. The lowest BCUT2D eigenvalue weighted by Crippen LogP contribution is -2.47. The van der Waals surface area contributed by atoms with Gasteiger partial charge in [0.1, 0.15) is 5.92 Å². The van der Waals surface area contributed by atoms with Crippen LogP contribution < -0.4 is 10.6 Å². The van der Waals surface area contributed by atoms with Crippen LogP contribution in [-0.2, 0) is 9.59 Å². The molecule has 0 radical (unpaired) electrons. The fourth-order valence-corrected chi connectivity index (χ4v) is 5.03. The third kappa shape index (κ3) is 5.82. The molecule has 0 aromatic heterocycles. The van der Waals surface area contributed by atoms with Crippen molar-refractivity contribution >= 4 is 29.1 Å². The van der Waals surface area contributed by atoms with Gasteiger partial charge in [-0.1, -0.05) is 31.7 Å². The summed E-state index contributed by atoms with van der Waals surface area (Å²) in [4.78, 5) is 25.4. The monoisotopic (exact) mass is 417 g/mol. The van der Waals surface area contributed by atoms with Crippen LogP contribution >= 0.6 is 11.8 Å². The van der Waals surface area contributed by atoms with Crippen molar-refractivity contribution in [2.45, 2.75) is 29.9 Å². The van der Waals surface area contributed by atoms with Crippen LogP contribution in [0.15, 0.2) is 42.5 Å². The second kappa shape index (κ2) is 11.0. The summed E-state index contributed by atoms with van der Waals surface area (Å²) < 4.78 is 0. The van der Waals surface area contributed by atoms with Crippen LogP contribution in [0.1, 0.15) is 13.3 Å². The molecule has 1 aliphatic rings. The molecule has 7 nitrogen and oxygen atoms in total. The Kier molecular flexibility index (Phi) is 8.70. The molecule has 0 aliphatic carbocycles. The number of nitrogens with one attached hydrogen (secondary N) is 2. The quantitative estimate of drug-likeness (QED) is 0.447. The SMILES string of the molecule is C=C1C(=O)C(CNc2ccccc2)SC([C@H](C#N)C(=O)NCC(O)CO)[C@H]1CC. The van der Waals surface area contributed by atoms with Crippen LogP contribution in [0.2, 0.25) is 0 Å². The van der Waals surface area contributed by atoms with E-state index in [1.807, 2.05) is 37.3 Å². The number of rotatable bonds is 9.